The Bertz CT molecular complexity index is 1520. The van der Waals surface area contributed by atoms with Crippen LogP contribution in [0.3, 0.4) is 0 Å². The summed E-state index contributed by atoms with van der Waals surface area (Å²) in [5.74, 6) is -2.08. The lowest BCUT2D eigenvalue weighted by molar-refractivity contribution is -0.156. The van der Waals surface area contributed by atoms with Crippen LogP contribution in [-0.2, 0) is 48.4 Å². The van der Waals surface area contributed by atoms with Gasteiger partial charge in [0.15, 0.2) is 5.78 Å². The summed E-state index contributed by atoms with van der Waals surface area (Å²) in [6.45, 7) is 3.94. The molecule has 0 saturated heterocycles. The van der Waals surface area contributed by atoms with Crippen molar-refractivity contribution in [1.82, 2.24) is 9.88 Å². The molecule has 0 spiro atoms. The first-order chi connectivity index (χ1) is 20.8. The highest BCUT2D eigenvalue weighted by Gasteiger charge is 2.27. The summed E-state index contributed by atoms with van der Waals surface area (Å²) in [5.41, 5.74) is -0.387. The number of hydrogen-bond acceptors (Lipinski definition) is 8. The van der Waals surface area contributed by atoms with Crippen LogP contribution in [0.2, 0.25) is 10.0 Å². The lowest BCUT2D eigenvalue weighted by atomic mass is 10.1. The summed E-state index contributed by atoms with van der Waals surface area (Å²) in [6.07, 6.45) is 0.0139. The molecule has 0 bridgehead atoms. The fourth-order valence-electron chi connectivity index (χ4n) is 3.84. The number of amides is 2. The largest absolute Gasteiger partial charge is 0.460 e. The molecule has 13 heteroatoms. The minimum atomic E-state index is -1.32. The molecule has 1 heterocycles. The van der Waals surface area contributed by atoms with Crippen LogP contribution in [0.15, 0.2) is 71.7 Å². The Hall–Kier alpha value is -4.19. The zero-order valence-electron chi connectivity index (χ0n) is 24.4. The van der Waals surface area contributed by atoms with Gasteiger partial charge in [0.05, 0.1) is 13.0 Å². The van der Waals surface area contributed by atoms with Crippen molar-refractivity contribution in [2.75, 3.05) is 11.9 Å². The van der Waals surface area contributed by atoms with Gasteiger partial charge in [-0.2, -0.15) is 0 Å². The van der Waals surface area contributed by atoms with Crippen LogP contribution in [0.25, 0.3) is 0 Å². The number of benzene rings is 2. The molecule has 0 radical (unpaired) electrons. The molecule has 0 aliphatic heterocycles. The van der Waals surface area contributed by atoms with Crippen molar-refractivity contribution in [1.29, 1.82) is 0 Å². The number of Topliss-reactive ketones (excluding diaryl/α,β-unsaturated/α-hetero) is 1. The van der Waals surface area contributed by atoms with E-state index in [2.05, 4.69) is 10.6 Å². The molecular formula is C31H33Cl2N3O8. The number of rotatable bonds is 13. The smallest absolute Gasteiger partial charge is 0.412 e. The molecule has 1 atom stereocenters. The molecule has 0 aliphatic carbocycles. The minimum Gasteiger partial charge on any atom is -0.460 e. The molecule has 11 nitrogen and oxygen atoms in total. The minimum absolute atomic E-state index is 0.00168. The first-order valence-corrected chi connectivity index (χ1v) is 14.3. The third-order valence-corrected chi connectivity index (χ3v) is 6.56. The number of pyridine rings is 1. The van der Waals surface area contributed by atoms with Crippen LogP contribution >= 0.6 is 23.2 Å². The van der Waals surface area contributed by atoms with E-state index in [4.69, 9.17) is 37.4 Å². The van der Waals surface area contributed by atoms with Crippen molar-refractivity contribution in [3.05, 3.63) is 98.4 Å². The van der Waals surface area contributed by atoms with E-state index in [9.17, 15) is 24.0 Å². The van der Waals surface area contributed by atoms with Crippen molar-refractivity contribution < 1.29 is 33.4 Å². The normalized spacial score (nSPS) is 11.8. The maximum atomic E-state index is 13.1. The number of halogens is 2. The van der Waals surface area contributed by atoms with Crippen LogP contribution in [0, 0.1) is 0 Å². The molecule has 2 amide bonds. The molecule has 44 heavy (non-hydrogen) atoms. The van der Waals surface area contributed by atoms with E-state index in [1.165, 1.54) is 18.3 Å². The van der Waals surface area contributed by atoms with Crippen molar-refractivity contribution >= 4 is 52.6 Å². The highest BCUT2D eigenvalue weighted by molar-refractivity contribution is 6.35. The molecule has 3 aromatic rings. The van der Waals surface area contributed by atoms with Crippen LogP contribution in [0.5, 0.6) is 0 Å². The third kappa shape index (κ3) is 11.1. The Labute approximate surface area is 264 Å². The number of aromatic nitrogens is 1. The average molecular weight is 647 g/mol. The maximum Gasteiger partial charge on any atom is 0.412 e. The molecular weight excluding hydrogens is 613 g/mol. The summed E-state index contributed by atoms with van der Waals surface area (Å²) in [7, 11) is 0. The van der Waals surface area contributed by atoms with Crippen LogP contribution in [0.1, 0.15) is 38.3 Å². The number of anilines is 1. The summed E-state index contributed by atoms with van der Waals surface area (Å²) < 4.78 is 17.0. The number of esters is 1. The number of hydrogen-bond donors (Lipinski definition) is 2. The molecule has 3 rings (SSSR count). The van der Waals surface area contributed by atoms with Gasteiger partial charge >= 0.3 is 12.1 Å². The van der Waals surface area contributed by atoms with Gasteiger partial charge in [0.2, 0.25) is 5.91 Å². The van der Waals surface area contributed by atoms with Crippen molar-refractivity contribution in [2.45, 2.75) is 58.6 Å². The van der Waals surface area contributed by atoms with Crippen LogP contribution in [-0.4, -0.2) is 46.6 Å². The molecule has 0 fully saturated rings. The Kier molecular flexibility index (Phi) is 12.5. The van der Waals surface area contributed by atoms with Gasteiger partial charge in [0.1, 0.15) is 37.1 Å². The number of ketones is 1. The average Bonchev–Trinajstić information content (AvgIpc) is 2.94. The monoisotopic (exact) mass is 645 g/mol. The van der Waals surface area contributed by atoms with Crippen molar-refractivity contribution in [3.8, 4) is 0 Å². The Morgan fingerprint density at radius 1 is 0.909 bits per heavy atom. The standard InChI is InChI=1S/C31H33Cl2N3O8/c1-31(2,3)44-28(39)15-25(26(37)19-42-18-21-22(32)11-7-12-23(21)33)34-27(38)16-36-14-8-13-24(29(36)40)35-30(41)43-17-20-9-5-4-6-10-20/h4-14,25H,15-19H2,1-3H3,(H,34,38)(H,35,41). The quantitative estimate of drug-likeness (QED) is 0.250. The van der Waals surface area contributed by atoms with Gasteiger partial charge < -0.3 is 24.1 Å². The second kappa shape index (κ2) is 16.0. The Morgan fingerprint density at radius 2 is 1.59 bits per heavy atom. The number of ether oxygens (including phenoxy) is 3. The van der Waals surface area contributed by atoms with Crippen molar-refractivity contribution in [3.63, 3.8) is 0 Å². The van der Waals surface area contributed by atoms with E-state index in [-0.39, 0.29) is 18.9 Å². The van der Waals surface area contributed by atoms with E-state index in [0.717, 1.165) is 10.1 Å². The summed E-state index contributed by atoms with van der Waals surface area (Å²) in [5, 5.41) is 5.57. The molecule has 0 saturated carbocycles. The molecule has 0 aliphatic rings. The molecule has 1 unspecified atom stereocenters. The van der Waals surface area contributed by atoms with Gasteiger partial charge in [0.25, 0.3) is 5.56 Å². The summed E-state index contributed by atoms with van der Waals surface area (Å²) >= 11 is 12.3. The van der Waals surface area contributed by atoms with Gasteiger partial charge in [-0.05, 0) is 50.6 Å². The van der Waals surface area contributed by atoms with Gasteiger partial charge in [-0.3, -0.25) is 24.5 Å². The predicted octanol–water partition coefficient (Wildman–Crippen LogP) is 4.91. The maximum absolute atomic E-state index is 13.1. The van der Waals surface area contributed by atoms with Gasteiger partial charge in [-0.1, -0.05) is 59.6 Å². The van der Waals surface area contributed by atoms with Crippen LogP contribution in [0.4, 0.5) is 10.5 Å². The SMILES string of the molecule is CC(C)(C)OC(=O)CC(NC(=O)Cn1cccc(NC(=O)OCc2ccccc2)c1=O)C(=O)COCc1c(Cl)cccc1Cl. The first kappa shape index (κ1) is 34.3. The van der Waals surface area contributed by atoms with E-state index >= 15 is 0 Å². The zero-order valence-corrected chi connectivity index (χ0v) is 25.9. The van der Waals surface area contributed by atoms with Gasteiger partial charge in [-0.15, -0.1) is 0 Å². The molecule has 2 N–H and O–H groups in total. The highest BCUT2D eigenvalue weighted by Crippen LogP contribution is 2.25. The fourth-order valence-corrected chi connectivity index (χ4v) is 4.35. The van der Waals surface area contributed by atoms with Crippen LogP contribution < -0.4 is 16.2 Å². The lowest BCUT2D eigenvalue weighted by Crippen LogP contribution is -2.46. The number of nitrogens with zero attached hydrogens (tertiary/aromatic N) is 1. The summed E-state index contributed by atoms with van der Waals surface area (Å²) in [4.78, 5) is 63.7. The van der Waals surface area contributed by atoms with Crippen molar-refractivity contribution in [2.24, 2.45) is 0 Å². The fraction of sp³-hybridized carbons (Fsp3) is 0.323. The summed E-state index contributed by atoms with van der Waals surface area (Å²) in [6, 6.07) is 15.4. The Balaban J connectivity index is 1.64. The predicted molar refractivity (Wildman–Crippen MR) is 164 cm³/mol. The molecule has 2 aromatic carbocycles. The molecule has 234 valence electrons. The van der Waals surface area contributed by atoms with Gasteiger partial charge in [-0.25, -0.2) is 4.79 Å². The first-order valence-electron chi connectivity index (χ1n) is 13.5. The highest BCUT2D eigenvalue weighted by atomic mass is 35.5. The topological polar surface area (TPSA) is 142 Å². The lowest BCUT2D eigenvalue weighted by Gasteiger charge is -2.22. The second-order valence-electron chi connectivity index (χ2n) is 10.6. The number of carbonyl (C=O) groups excluding carboxylic acids is 4. The third-order valence-electron chi connectivity index (χ3n) is 5.85. The van der Waals surface area contributed by atoms with E-state index < -0.39 is 60.5 Å². The van der Waals surface area contributed by atoms with E-state index in [0.29, 0.717) is 15.6 Å². The number of nitrogens with one attached hydrogen (secondary N) is 2. The Morgan fingerprint density at radius 3 is 2.25 bits per heavy atom. The zero-order chi connectivity index (χ0) is 32.3. The van der Waals surface area contributed by atoms with E-state index in [1.807, 2.05) is 6.07 Å². The molecule has 1 aromatic heterocycles. The number of carbonyl (C=O) groups is 4. The van der Waals surface area contributed by atoms with Gasteiger partial charge in [0, 0.05) is 21.8 Å². The van der Waals surface area contributed by atoms with E-state index in [1.54, 1.807) is 63.2 Å². The second-order valence-corrected chi connectivity index (χ2v) is 11.4.